The molecule has 4 atom stereocenters. The SMILES string of the molecule is C[C@@H]1OC(=O)[C@@H]([NH3+])CCC[C@H](Oc2ccc(F)cc2)[C@H]1OC1CCCC1. The Hall–Kier alpha value is -1.66. The van der Waals surface area contributed by atoms with Gasteiger partial charge in [-0.25, -0.2) is 9.18 Å². The van der Waals surface area contributed by atoms with Crippen molar-refractivity contribution in [3.63, 3.8) is 0 Å². The fraction of sp³-hybridized carbons (Fsp3) is 0.650. The molecule has 3 N–H and O–H groups in total. The molecule has 1 aromatic carbocycles. The van der Waals surface area contributed by atoms with Crippen molar-refractivity contribution >= 4 is 5.97 Å². The molecule has 1 saturated heterocycles. The third kappa shape index (κ3) is 4.95. The van der Waals surface area contributed by atoms with Crippen LogP contribution >= 0.6 is 0 Å². The number of halogens is 1. The molecular formula is C20H29FNO4+. The number of quaternary nitrogens is 1. The van der Waals surface area contributed by atoms with E-state index in [2.05, 4.69) is 5.73 Å². The summed E-state index contributed by atoms with van der Waals surface area (Å²) in [6, 6.07) is 5.64. The average molecular weight is 366 g/mol. The zero-order chi connectivity index (χ0) is 18.5. The molecule has 144 valence electrons. The van der Waals surface area contributed by atoms with E-state index in [0.29, 0.717) is 12.2 Å². The molecule has 1 aliphatic carbocycles. The topological polar surface area (TPSA) is 72.4 Å². The lowest BCUT2D eigenvalue weighted by atomic mass is 10.0. The first-order chi connectivity index (χ1) is 12.5. The summed E-state index contributed by atoms with van der Waals surface area (Å²) < 4.78 is 31.3. The van der Waals surface area contributed by atoms with Crippen LogP contribution in [-0.4, -0.2) is 36.4 Å². The largest absolute Gasteiger partial charge is 0.488 e. The zero-order valence-electron chi connectivity index (χ0n) is 15.4. The van der Waals surface area contributed by atoms with Crippen LogP contribution in [0.3, 0.4) is 0 Å². The molecule has 0 radical (unpaired) electrons. The fourth-order valence-corrected chi connectivity index (χ4v) is 3.76. The standard InChI is InChI=1S/C20H28FNO4/c1-13-19(26-15-5-2-3-6-15)18(8-4-7-17(22)20(23)24-13)25-16-11-9-14(21)10-12-16/h9-13,15,17-19H,2-8,22H2,1H3/p+1/t13-,17-,18-,19-/m0/s1. The molecular weight excluding hydrogens is 337 g/mol. The molecule has 1 aromatic rings. The van der Waals surface area contributed by atoms with Gasteiger partial charge in [0.2, 0.25) is 0 Å². The van der Waals surface area contributed by atoms with Crippen LogP contribution in [0.1, 0.15) is 51.9 Å². The van der Waals surface area contributed by atoms with Crippen LogP contribution in [0.2, 0.25) is 0 Å². The van der Waals surface area contributed by atoms with Gasteiger partial charge < -0.3 is 19.9 Å². The number of rotatable bonds is 4. The molecule has 0 amide bonds. The van der Waals surface area contributed by atoms with Crippen LogP contribution in [0.25, 0.3) is 0 Å². The third-order valence-electron chi connectivity index (χ3n) is 5.26. The van der Waals surface area contributed by atoms with Crippen molar-refractivity contribution in [3.8, 4) is 5.75 Å². The summed E-state index contributed by atoms with van der Waals surface area (Å²) >= 11 is 0. The van der Waals surface area contributed by atoms with E-state index in [4.69, 9.17) is 14.2 Å². The summed E-state index contributed by atoms with van der Waals surface area (Å²) in [7, 11) is 0. The summed E-state index contributed by atoms with van der Waals surface area (Å²) in [6.07, 6.45) is 5.72. The number of cyclic esters (lactones) is 1. The predicted octanol–water partition coefficient (Wildman–Crippen LogP) is 2.63. The Kier molecular flexibility index (Phi) is 6.48. The molecule has 1 saturated carbocycles. The van der Waals surface area contributed by atoms with Gasteiger partial charge in [-0.3, -0.25) is 0 Å². The van der Waals surface area contributed by atoms with Crippen molar-refractivity contribution in [2.75, 3.05) is 0 Å². The van der Waals surface area contributed by atoms with Crippen molar-refractivity contribution in [2.45, 2.75) is 82.3 Å². The fourth-order valence-electron chi connectivity index (χ4n) is 3.76. The first-order valence-corrected chi connectivity index (χ1v) is 9.64. The average Bonchev–Trinajstić information content (AvgIpc) is 3.13. The van der Waals surface area contributed by atoms with Gasteiger partial charge in [0.05, 0.1) is 6.10 Å². The van der Waals surface area contributed by atoms with Gasteiger partial charge in [0.15, 0.2) is 6.04 Å². The van der Waals surface area contributed by atoms with Gasteiger partial charge in [-0.15, -0.1) is 0 Å². The van der Waals surface area contributed by atoms with E-state index in [0.717, 1.165) is 38.5 Å². The van der Waals surface area contributed by atoms with E-state index >= 15 is 0 Å². The first kappa shape index (κ1) is 19.1. The van der Waals surface area contributed by atoms with E-state index < -0.39 is 6.10 Å². The van der Waals surface area contributed by atoms with Crippen molar-refractivity contribution in [1.29, 1.82) is 0 Å². The number of carbonyl (C=O) groups is 1. The lowest BCUT2D eigenvalue weighted by Gasteiger charge is -2.33. The van der Waals surface area contributed by atoms with Gasteiger partial charge in [-0.1, -0.05) is 12.8 Å². The molecule has 0 unspecified atom stereocenters. The maximum absolute atomic E-state index is 13.2. The zero-order valence-corrected chi connectivity index (χ0v) is 15.4. The molecule has 1 heterocycles. The Labute approximate surface area is 154 Å². The number of esters is 1. The van der Waals surface area contributed by atoms with E-state index in [1.165, 1.54) is 12.1 Å². The van der Waals surface area contributed by atoms with Crippen molar-refractivity contribution in [3.05, 3.63) is 30.1 Å². The highest BCUT2D eigenvalue weighted by Crippen LogP contribution is 2.29. The van der Waals surface area contributed by atoms with Crippen molar-refractivity contribution < 1.29 is 29.1 Å². The molecule has 2 aliphatic rings. The number of hydrogen-bond donors (Lipinski definition) is 1. The minimum absolute atomic E-state index is 0.178. The number of benzene rings is 1. The first-order valence-electron chi connectivity index (χ1n) is 9.64. The minimum Gasteiger partial charge on any atom is -0.488 e. The van der Waals surface area contributed by atoms with Crippen LogP contribution in [0.5, 0.6) is 5.75 Å². The van der Waals surface area contributed by atoms with Gasteiger partial charge >= 0.3 is 5.97 Å². The maximum Gasteiger partial charge on any atom is 0.365 e. The monoisotopic (exact) mass is 366 g/mol. The Morgan fingerprint density at radius 2 is 1.77 bits per heavy atom. The lowest BCUT2D eigenvalue weighted by molar-refractivity contribution is -0.410. The Morgan fingerprint density at radius 1 is 1.08 bits per heavy atom. The van der Waals surface area contributed by atoms with Gasteiger partial charge in [-0.05, 0) is 56.9 Å². The van der Waals surface area contributed by atoms with Gasteiger partial charge in [-0.2, -0.15) is 0 Å². The van der Waals surface area contributed by atoms with Gasteiger partial charge in [0, 0.05) is 6.42 Å². The van der Waals surface area contributed by atoms with Crippen LogP contribution in [-0.2, 0) is 14.3 Å². The minimum atomic E-state index is -0.420. The Balaban J connectivity index is 1.79. The summed E-state index contributed by atoms with van der Waals surface area (Å²) in [6.45, 7) is 1.86. The van der Waals surface area contributed by atoms with Gasteiger partial charge in [0.25, 0.3) is 0 Å². The normalized spacial score (nSPS) is 31.0. The second-order valence-electron chi connectivity index (χ2n) is 7.39. The Bertz CT molecular complexity index is 588. The highest BCUT2D eigenvalue weighted by atomic mass is 19.1. The lowest BCUT2D eigenvalue weighted by Crippen LogP contribution is -2.65. The van der Waals surface area contributed by atoms with Gasteiger partial charge in [0.1, 0.15) is 29.9 Å². The number of hydrogen-bond acceptors (Lipinski definition) is 4. The molecule has 5 nitrogen and oxygen atoms in total. The highest BCUT2D eigenvalue weighted by Gasteiger charge is 2.37. The van der Waals surface area contributed by atoms with Crippen molar-refractivity contribution in [1.82, 2.24) is 0 Å². The van der Waals surface area contributed by atoms with Crippen LogP contribution < -0.4 is 10.5 Å². The molecule has 26 heavy (non-hydrogen) atoms. The summed E-state index contributed by atoms with van der Waals surface area (Å²) in [4.78, 5) is 12.2. The van der Waals surface area contributed by atoms with E-state index in [1.807, 2.05) is 6.92 Å². The maximum atomic E-state index is 13.2. The highest BCUT2D eigenvalue weighted by molar-refractivity contribution is 5.74. The second-order valence-corrected chi connectivity index (χ2v) is 7.39. The summed E-state index contributed by atoms with van der Waals surface area (Å²) in [5, 5.41) is 0. The number of carbonyl (C=O) groups excluding carboxylic acids is 1. The van der Waals surface area contributed by atoms with Crippen LogP contribution in [0.15, 0.2) is 24.3 Å². The van der Waals surface area contributed by atoms with Crippen LogP contribution in [0.4, 0.5) is 4.39 Å². The molecule has 0 spiro atoms. The van der Waals surface area contributed by atoms with Crippen molar-refractivity contribution in [2.24, 2.45) is 0 Å². The summed E-state index contributed by atoms with van der Waals surface area (Å²) in [5.74, 6) is 0.0214. The number of ether oxygens (including phenoxy) is 3. The summed E-state index contributed by atoms with van der Waals surface area (Å²) in [5.41, 5.74) is 3.91. The molecule has 0 aromatic heterocycles. The molecule has 6 heteroatoms. The van der Waals surface area contributed by atoms with E-state index in [1.54, 1.807) is 12.1 Å². The molecule has 1 aliphatic heterocycles. The second kappa shape index (κ2) is 8.82. The molecule has 0 bridgehead atoms. The van der Waals surface area contributed by atoms with E-state index in [-0.39, 0.29) is 36.1 Å². The Morgan fingerprint density at radius 3 is 2.46 bits per heavy atom. The predicted molar refractivity (Wildman–Crippen MR) is 94.0 cm³/mol. The molecule has 2 fully saturated rings. The molecule has 3 rings (SSSR count). The van der Waals surface area contributed by atoms with E-state index in [9.17, 15) is 9.18 Å². The smallest absolute Gasteiger partial charge is 0.365 e. The quantitative estimate of drug-likeness (QED) is 0.832. The third-order valence-corrected chi connectivity index (χ3v) is 5.26. The van der Waals surface area contributed by atoms with Crippen LogP contribution in [0, 0.1) is 5.82 Å².